The molecule has 2 heterocycles. The molecule has 3 aromatic rings. The Bertz CT molecular complexity index is 959. The van der Waals surface area contributed by atoms with E-state index >= 15 is 0 Å². The van der Waals surface area contributed by atoms with Gasteiger partial charge >= 0.3 is 5.97 Å². The molecule has 2 aromatic heterocycles. The average Bonchev–Trinajstić information content (AvgIpc) is 2.86. The number of aromatic amines is 1. The van der Waals surface area contributed by atoms with Crippen LogP contribution < -0.4 is 5.56 Å². The summed E-state index contributed by atoms with van der Waals surface area (Å²) in [6, 6.07) is 7.02. The van der Waals surface area contributed by atoms with E-state index in [0.29, 0.717) is 21.8 Å². The molecule has 0 radical (unpaired) electrons. The molecule has 0 saturated carbocycles. The Hall–Kier alpha value is -2.60. The zero-order valence-corrected chi connectivity index (χ0v) is 13.3. The van der Waals surface area contributed by atoms with Gasteiger partial charge in [-0.15, -0.1) is 0 Å². The van der Waals surface area contributed by atoms with Crippen LogP contribution in [0.1, 0.15) is 23.0 Å². The summed E-state index contributed by atoms with van der Waals surface area (Å²) in [7, 11) is 0. The summed E-state index contributed by atoms with van der Waals surface area (Å²) in [4.78, 5) is 29.0. The van der Waals surface area contributed by atoms with Gasteiger partial charge in [-0.25, -0.2) is 14.3 Å². The molecule has 0 unspecified atom stereocenters. The molecule has 7 heteroatoms. The number of carbonyl (C=O) groups excluding carboxylic acids is 1. The highest BCUT2D eigenvalue weighted by Gasteiger charge is 2.21. The van der Waals surface area contributed by atoms with E-state index < -0.39 is 5.97 Å². The van der Waals surface area contributed by atoms with Gasteiger partial charge in [0.15, 0.2) is 5.65 Å². The van der Waals surface area contributed by atoms with Crippen LogP contribution in [0.5, 0.6) is 0 Å². The number of hydrogen-bond donors (Lipinski definition) is 1. The molecular weight excluding hydrogens is 318 g/mol. The number of rotatable bonds is 3. The van der Waals surface area contributed by atoms with Crippen LogP contribution in [0.2, 0.25) is 5.02 Å². The first-order chi connectivity index (χ1) is 11.0. The number of aromatic nitrogens is 3. The van der Waals surface area contributed by atoms with Crippen LogP contribution in [0.25, 0.3) is 16.8 Å². The second kappa shape index (κ2) is 5.89. The molecule has 3 rings (SSSR count). The lowest BCUT2D eigenvalue weighted by atomic mass is 10.1. The van der Waals surface area contributed by atoms with Crippen molar-refractivity contribution in [1.82, 2.24) is 14.6 Å². The van der Waals surface area contributed by atoms with E-state index in [2.05, 4.69) is 10.1 Å². The van der Waals surface area contributed by atoms with E-state index in [4.69, 9.17) is 16.3 Å². The third kappa shape index (κ3) is 2.51. The SMILES string of the molecule is CCOC(=O)c1c(C)[nH]n2c(=O)c(-c3ccccc3Cl)cnc12. The first-order valence-corrected chi connectivity index (χ1v) is 7.44. The monoisotopic (exact) mass is 331 g/mol. The molecule has 1 aromatic carbocycles. The van der Waals surface area contributed by atoms with Crippen molar-refractivity contribution in [3.63, 3.8) is 0 Å². The van der Waals surface area contributed by atoms with Gasteiger partial charge in [-0.2, -0.15) is 0 Å². The fraction of sp³-hybridized carbons (Fsp3) is 0.188. The maximum atomic E-state index is 12.7. The van der Waals surface area contributed by atoms with Gasteiger partial charge in [-0.3, -0.25) is 9.89 Å². The number of aryl methyl sites for hydroxylation is 1. The fourth-order valence-corrected chi connectivity index (χ4v) is 2.68. The highest BCUT2D eigenvalue weighted by atomic mass is 35.5. The minimum absolute atomic E-state index is 0.238. The Kier molecular flexibility index (Phi) is 3.92. The van der Waals surface area contributed by atoms with Crippen LogP contribution >= 0.6 is 11.6 Å². The van der Waals surface area contributed by atoms with Crippen LogP contribution in [0.4, 0.5) is 0 Å². The number of benzene rings is 1. The lowest BCUT2D eigenvalue weighted by Crippen LogP contribution is -2.17. The number of nitrogens with one attached hydrogen (secondary N) is 1. The van der Waals surface area contributed by atoms with Crippen molar-refractivity contribution < 1.29 is 9.53 Å². The summed E-state index contributed by atoms with van der Waals surface area (Å²) in [5.74, 6) is -0.513. The van der Waals surface area contributed by atoms with Crippen LogP contribution in [0.3, 0.4) is 0 Å². The molecule has 0 aliphatic rings. The first kappa shape index (κ1) is 15.3. The lowest BCUT2D eigenvalue weighted by Gasteiger charge is -2.04. The number of H-pyrrole nitrogens is 1. The molecular formula is C16H14ClN3O3. The molecule has 0 spiro atoms. The Morgan fingerprint density at radius 1 is 1.35 bits per heavy atom. The zero-order valence-electron chi connectivity index (χ0n) is 12.6. The van der Waals surface area contributed by atoms with E-state index in [0.717, 1.165) is 0 Å². The molecule has 0 saturated heterocycles. The van der Waals surface area contributed by atoms with E-state index in [1.54, 1.807) is 38.1 Å². The zero-order chi connectivity index (χ0) is 16.6. The number of nitrogens with zero attached hydrogens (tertiary/aromatic N) is 2. The largest absolute Gasteiger partial charge is 0.462 e. The molecule has 0 fully saturated rings. The number of ether oxygens (including phenoxy) is 1. The van der Waals surface area contributed by atoms with Gasteiger partial charge in [0.1, 0.15) is 5.56 Å². The lowest BCUT2D eigenvalue weighted by molar-refractivity contribution is 0.0527. The van der Waals surface area contributed by atoms with Crippen LogP contribution in [0.15, 0.2) is 35.3 Å². The predicted molar refractivity (Wildman–Crippen MR) is 87.0 cm³/mol. The van der Waals surface area contributed by atoms with Crippen molar-refractivity contribution in [2.24, 2.45) is 0 Å². The van der Waals surface area contributed by atoms with E-state index in [1.165, 1.54) is 10.7 Å². The maximum Gasteiger partial charge on any atom is 0.343 e. The molecule has 0 bridgehead atoms. The Balaban J connectivity index is 2.25. The van der Waals surface area contributed by atoms with Crippen molar-refractivity contribution in [2.45, 2.75) is 13.8 Å². The van der Waals surface area contributed by atoms with Gasteiger partial charge in [-0.05, 0) is 19.9 Å². The van der Waals surface area contributed by atoms with Gasteiger partial charge in [0, 0.05) is 22.5 Å². The molecule has 23 heavy (non-hydrogen) atoms. The van der Waals surface area contributed by atoms with Crippen molar-refractivity contribution in [3.8, 4) is 11.1 Å². The highest BCUT2D eigenvalue weighted by Crippen LogP contribution is 2.25. The van der Waals surface area contributed by atoms with Crippen molar-refractivity contribution in [2.75, 3.05) is 6.61 Å². The summed E-state index contributed by atoms with van der Waals surface area (Å²) >= 11 is 6.15. The van der Waals surface area contributed by atoms with Gasteiger partial charge in [0.2, 0.25) is 0 Å². The molecule has 0 atom stereocenters. The maximum absolute atomic E-state index is 12.7. The molecule has 6 nitrogen and oxygen atoms in total. The topological polar surface area (TPSA) is 76.5 Å². The smallest absolute Gasteiger partial charge is 0.343 e. The third-order valence-corrected chi connectivity index (χ3v) is 3.81. The van der Waals surface area contributed by atoms with E-state index in [-0.39, 0.29) is 23.4 Å². The summed E-state index contributed by atoms with van der Waals surface area (Å²) in [6.45, 7) is 3.66. The highest BCUT2D eigenvalue weighted by molar-refractivity contribution is 6.33. The van der Waals surface area contributed by atoms with Crippen molar-refractivity contribution >= 4 is 23.2 Å². The first-order valence-electron chi connectivity index (χ1n) is 7.07. The number of esters is 1. The quantitative estimate of drug-likeness (QED) is 0.749. The number of carbonyl (C=O) groups is 1. The summed E-state index contributed by atoms with van der Waals surface area (Å²) in [5.41, 5.74) is 1.62. The number of fused-ring (bicyclic) bond motifs is 1. The average molecular weight is 332 g/mol. The molecule has 118 valence electrons. The summed E-state index contributed by atoms with van der Waals surface area (Å²) in [6.07, 6.45) is 1.43. The normalized spacial score (nSPS) is 10.9. The van der Waals surface area contributed by atoms with Crippen LogP contribution in [-0.2, 0) is 4.74 Å². The molecule has 0 aliphatic carbocycles. The summed E-state index contributed by atoms with van der Waals surface area (Å²) < 4.78 is 6.25. The molecule has 0 aliphatic heterocycles. The van der Waals surface area contributed by atoms with E-state index in [9.17, 15) is 9.59 Å². The number of halogens is 1. The molecule has 1 N–H and O–H groups in total. The van der Waals surface area contributed by atoms with Crippen molar-refractivity contribution in [3.05, 3.63) is 57.1 Å². The second-order valence-electron chi connectivity index (χ2n) is 4.95. The fourth-order valence-electron chi connectivity index (χ4n) is 2.44. The minimum atomic E-state index is -0.513. The van der Waals surface area contributed by atoms with Gasteiger partial charge in [0.25, 0.3) is 5.56 Å². The van der Waals surface area contributed by atoms with E-state index in [1.807, 2.05) is 0 Å². The second-order valence-corrected chi connectivity index (χ2v) is 5.36. The minimum Gasteiger partial charge on any atom is -0.462 e. The molecule has 0 amide bonds. The Morgan fingerprint density at radius 2 is 2.09 bits per heavy atom. The van der Waals surface area contributed by atoms with Gasteiger partial charge < -0.3 is 4.74 Å². The summed E-state index contributed by atoms with van der Waals surface area (Å²) in [5, 5.41) is 3.32. The van der Waals surface area contributed by atoms with Gasteiger partial charge in [-0.1, -0.05) is 29.8 Å². The Labute approximate surface area is 136 Å². The van der Waals surface area contributed by atoms with Gasteiger partial charge in [0.05, 0.1) is 12.2 Å². The third-order valence-electron chi connectivity index (χ3n) is 3.48. The Morgan fingerprint density at radius 3 is 2.78 bits per heavy atom. The standard InChI is InChI=1S/C16H14ClN3O3/c1-3-23-16(22)13-9(2)19-20-14(13)18-8-11(15(20)21)10-6-4-5-7-12(10)17/h4-8,19H,3H2,1-2H3. The van der Waals surface area contributed by atoms with Crippen LogP contribution in [-0.4, -0.2) is 27.2 Å². The number of hydrogen-bond acceptors (Lipinski definition) is 4. The predicted octanol–water partition coefficient (Wildman–Crippen LogP) is 2.83. The van der Waals surface area contributed by atoms with Crippen LogP contribution in [0, 0.1) is 6.92 Å². The van der Waals surface area contributed by atoms with Crippen molar-refractivity contribution in [1.29, 1.82) is 0 Å².